The van der Waals surface area contributed by atoms with Crippen molar-refractivity contribution in [2.45, 2.75) is 37.9 Å². The molecule has 4 aromatic rings. The van der Waals surface area contributed by atoms with Crippen molar-refractivity contribution in [3.8, 4) is 34.0 Å². The van der Waals surface area contributed by atoms with Crippen molar-refractivity contribution in [1.82, 2.24) is 10.3 Å². The van der Waals surface area contributed by atoms with Crippen LogP contribution in [0, 0.1) is 0 Å². The van der Waals surface area contributed by atoms with Crippen molar-refractivity contribution in [2.75, 3.05) is 6.61 Å². The van der Waals surface area contributed by atoms with Gasteiger partial charge in [-0.25, -0.2) is 0 Å². The van der Waals surface area contributed by atoms with Crippen LogP contribution in [-0.2, 0) is 25.4 Å². The van der Waals surface area contributed by atoms with Gasteiger partial charge in [0.25, 0.3) is 0 Å². The van der Waals surface area contributed by atoms with Crippen LogP contribution in [0.1, 0.15) is 29.2 Å². The topological polar surface area (TPSA) is 98.3 Å². The Hall–Kier alpha value is -3.43. The van der Waals surface area contributed by atoms with Crippen molar-refractivity contribution < 1.29 is 27.3 Å². The first kappa shape index (κ1) is 22.4. The maximum absolute atomic E-state index is 14.1. The highest BCUT2D eigenvalue weighted by atomic mass is 19.4. The first-order valence-corrected chi connectivity index (χ1v) is 10.8. The van der Waals surface area contributed by atoms with E-state index in [4.69, 9.17) is 14.8 Å². The average molecular weight is 469 g/mol. The molecule has 1 aliphatic carbocycles. The molecule has 34 heavy (non-hydrogen) atoms. The van der Waals surface area contributed by atoms with Gasteiger partial charge in [0.1, 0.15) is 11.3 Å². The molecule has 9 heteroatoms. The van der Waals surface area contributed by atoms with E-state index in [1.54, 1.807) is 25.1 Å². The summed E-state index contributed by atoms with van der Waals surface area (Å²) in [5, 5.41) is 17.3. The molecule has 2 heterocycles. The fraction of sp³-hybridized carbons (Fsp3) is 0.280. The first-order chi connectivity index (χ1) is 16.2. The number of halogens is 3. The summed E-state index contributed by atoms with van der Waals surface area (Å²) < 4.78 is 53.0. The van der Waals surface area contributed by atoms with Crippen LogP contribution in [0.4, 0.5) is 13.2 Å². The largest absolute Gasteiger partial charge is 0.422 e. The van der Waals surface area contributed by atoms with Gasteiger partial charge in [-0.15, -0.1) is 0 Å². The van der Waals surface area contributed by atoms with E-state index in [2.05, 4.69) is 10.3 Å². The van der Waals surface area contributed by atoms with Crippen molar-refractivity contribution in [1.29, 1.82) is 0 Å². The Morgan fingerprint density at radius 2 is 1.68 bits per heavy atom. The SMILES string of the molecule is CC(N)(CO)Cc1ccc2c(c1)CCc1c-2noc1-c1noc(-c2ccccc2)c1C(F)(F)F. The Balaban J connectivity index is 1.57. The molecule has 1 aliphatic rings. The van der Waals surface area contributed by atoms with Gasteiger partial charge in [0.15, 0.2) is 17.2 Å². The number of rotatable bonds is 5. The second-order valence-corrected chi connectivity index (χ2v) is 8.92. The maximum atomic E-state index is 14.1. The molecule has 0 radical (unpaired) electrons. The van der Waals surface area contributed by atoms with Crippen LogP contribution in [-0.4, -0.2) is 27.6 Å². The Morgan fingerprint density at radius 3 is 2.38 bits per heavy atom. The lowest BCUT2D eigenvalue weighted by molar-refractivity contribution is -0.136. The Morgan fingerprint density at radius 1 is 0.971 bits per heavy atom. The summed E-state index contributed by atoms with van der Waals surface area (Å²) in [7, 11) is 0. The van der Waals surface area contributed by atoms with Crippen molar-refractivity contribution >= 4 is 0 Å². The third kappa shape index (κ3) is 3.91. The van der Waals surface area contributed by atoms with Gasteiger partial charge >= 0.3 is 6.18 Å². The minimum Gasteiger partial charge on any atom is -0.394 e. The quantitative estimate of drug-likeness (QED) is 0.425. The van der Waals surface area contributed by atoms with E-state index in [1.165, 1.54) is 12.1 Å². The number of alkyl halides is 3. The summed E-state index contributed by atoms with van der Waals surface area (Å²) in [5.74, 6) is -0.388. The lowest BCUT2D eigenvalue weighted by Gasteiger charge is -2.23. The lowest BCUT2D eigenvalue weighted by atomic mass is 9.85. The number of aliphatic hydroxyl groups is 1. The molecule has 3 N–H and O–H groups in total. The number of fused-ring (bicyclic) bond motifs is 3. The minimum absolute atomic E-state index is 0.0298. The highest BCUT2D eigenvalue weighted by Gasteiger charge is 2.43. The van der Waals surface area contributed by atoms with Gasteiger partial charge < -0.3 is 19.9 Å². The van der Waals surface area contributed by atoms with E-state index in [9.17, 15) is 18.3 Å². The van der Waals surface area contributed by atoms with Gasteiger partial charge in [-0.05, 0) is 37.3 Å². The van der Waals surface area contributed by atoms with E-state index >= 15 is 0 Å². The molecule has 0 spiro atoms. The molecule has 0 saturated heterocycles. The van der Waals surface area contributed by atoms with Gasteiger partial charge in [-0.3, -0.25) is 0 Å². The number of hydrogen-bond donors (Lipinski definition) is 2. The fourth-order valence-corrected chi connectivity index (χ4v) is 4.41. The molecule has 0 amide bonds. The van der Waals surface area contributed by atoms with Crippen LogP contribution in [0.3, 0.4) is 0 Å². The predicted octanol–water partition coefficient (Wildman–Crippen LogP) is 5.03. The molecule has 0 fully saturated rings. The second-order valence-electron chi connectivity index (χ2n) is 8.92. The molecule has 5 rings (SSSR count). The summed E-state index contributed by atoms with van der Waals surface area (Å²) in [4.78, 5) is 0. The standard InChI is InChI=1S/C25H22F3N3O3/c1-24(29,13-32)12-14-7-9-17-16(11-14)8-10-18-20(17)30-34-23(18)21-19(25(26,27)28)22(33-31-21)15-5-3-2-4-6-15/h2-7,9,11,32H,8,10,12-13,29H2,1H3. The number of hydrogen-bond acceptors (Lipinski definition) is 6. The van der Waals surface area contributed by atoms with Crippen LogP contribution < -0.4 is 5.73 Å². The highest BCUT2D eigenvalue weighted by Crippen LogP contribution is 2.46. The molecule has 2 aromatic carbocycles. The molecule has 1 atom stereocenters. The fourth-order valence-electron chi connectivity index (χ4n) is 4.41. The number of benzene rings is 2. The van der Waals surface area contributed by atoms with Crippen LogP contribution in [0.25, 0.3) is 34.0 Å². The number of aromatic nitrogens is 2. The molecule has 1 unspecified atom stereocenters. The van der Waals surface area contributed by atoms with E-state index in [1.807, 2.05) is 18.2 Å². The van der Waals surface area contributed by atoms with E-state index in [0.29, 0.717) is 30.5 Å². The molecule has 6 nitrogen and oxygen atoms in total. The first-order valence-electron chi connectivity index (χ1n) is 10.8. The predicted molar refractivity (Wildman–Crippen MR) is 119 cm³/mol. The summed E-state index contributed by atoms with van der Waals surface area (Å²) in [5.41, 5.74) is 8.05. The number of nitrogens with zero attached hydrogens (tertiary/aromatic N) is 2. The minimum atomic E-state index is -4.71. The van der Waals surface area contributed by atoms with Gasteiger partial charge in [0, 0.05) is 22.2 Å². The van der Waals surface area contributed by atoms with E-state index in [-0.39, 0.29) is 23.7 Å². The summed E-state index contributed by atoms with van der Waals surface area (Å²) in [6.45, 7) is 1.62. The zero-order valence-electron chi connectivity index (χ0n) is 18.3. The van der Waals surface area contributed by atoms with E-state index < -0.39 is 23.0 Å². The molecule has 0 saturated carbocycles. The molecule has 0 aliphatic heterocycles. The zero-order valence-corrected chi connectivity index (χ0v) is 18.3. The number of nitrogens with two attached hydrogens (primary N) is 1. The second kappa shape index (κ2) is 8.11. The van der Waals surface area contributed by atoms with Gasteiger partial charge in [-0.2, -0.15) is 13.2 Å². The molecule has 2 aromatic heterocycles. The van der Waals surface area contributed by atoms with Crippen LogP contribution >= 0.6 is 0 Å². The summed E-state index contributed by atoms with van der Waals surface area (Å²) in [6.07, 6.45) is -3.18. The highest BCUT2D eigenvalue weighted by molar-refractivity contribution is 5.79. The normalized spacial score (nSPS) is 15.0. The third-order valence-electron chi connectivity index (χ3n) is 6.05. The molecule has 176 valence electrons. The maximum Gasteiger partial charge on any atom is 0.422 e. The molecular formula is C25H22F3N3O3. The van der Waals surface area contributed by atoms with Crippen molar-refractivity contribution in [3.63, 3.8) is 0 Å². The van der Waals surface area contributed by atoms with Gasteiger partial charge in [0.2, 0.25) is 0 Å². The Bertz CT molecular complexity index is 1340. The third-order valence-corrected chi connectivity index (χ3v) is 6.05. The summed E-state index contributed by atoms with van der Waals surface area (Å²) >= 11 is 0. The van der Waals surface area contributed by atoms with Crippen LogP contribution in [0.2, 0.25) is 0 Å². The molecular weight excluding hydrogens is 447 g/mol. The lowest BCUT2D eigenvalue weighted by Crippen LogP contribution is -2.42. The Labute approximate surface area is 193 Å². The van der Waals surface area contributed by atoms with E-state index in [0.717, 1.165) is 16.7 Å². The van der Waals surface area contributed by atoms with Crippen molar-refractivity contribution in [3.05, 3.63) is 70.8 Å². The number of aryl methyl sites for hydroxylation is 1. The Kier molecular flexibility index (Phi) is 5.33. The van der Waals surface area contributed by atoms with Crippen molar-refractivity contribution in [2.24, 2.45) is 5.73 Å². The molecule has 0 bridgehead atoms. The van der Waals surface area contributed by atoms with Gasteiger partial charge in [0.05, 0.1) is 6.61 Å². The monoisotopic (exact) mass is 469 g/mol. The summed E-state index contributed by atoms with van der Waals surface area (Å²) in [6, 6.07) is 13.8. The van der Waals surface area contributed by atoms with Crippen LogP contribution in [0.5, 0.6) is 0 Å². The zero-order chi connectivity index (χ0) is 24.1. The smallest absolute Gasteiger partial charge is 0.394 e. The van der Waals surface area contributed by atoms with Gasteiger partial charge in [-0.1, -0.05) is 58.8 Å². The number of aliphatic hydroxyl groups excluding tert-OH is 1. The average Bonchev–Trinajstić information content (AvgIpc) is 3.43. The van der Waals surface area contributed by atoms with Crippen LogP contribution in [0.15, 0.2) is 57.6 Å².